The monoisotopic (exact) mass is 285 g/mol. The van der Waals surface area contributed by atoms with E-state index in [2.05, 4.69) is 10.4 Å². The van der Waals surface area contributed by atoms with Gasteiger partial charge >= 0.3 is 0 Å². The first-order chi connectivity index (χ1) is 8.76. The van der Waals surface area contributed by atoms with E-state index in [1.165, 1.54) is 4.88 Å². The third-order valence-electron chi connectivity index (χ3n) is 2.72. The first-order valence-corrected chi connectivity index (χ1v) is 6.89. The zero-order valence-corrected chi connectivity index (χ0v) is 12.0. The van der Waals surface area contributed by atoms with Gasteiger partial charge in [0.2, 0.25) is 0 Å². The van der Waals surface area contributed by atoms with Gasteiger partial charge in [-0.05, 0) is 25.2 Å². The predicted octanol–water partition coefficient (Wildman–Crippen LogP) is 2.55. The lowest BCUT2D eigenvalue weighted by molar-refractivity contribution is 0.182. The summed E-state index contributed by atoms with van der Waals surface area (Å²) in [5.41, 5.74) is 1.12. The highest BCUT2D eigenvalue weighted by Crippen LogP contribution is 2.30. The van der Waals surface area contributed by atoms with Crippen molar-refractivity contribution in [2.75, 3.05) is 20.8 Å². The van der Waals surface area contributed by atoms with Crippen molar-refractivity contribution in [1.82, 2.24) is 15.1 Å². The Labute approximate surface area is 116 Å². The van der Waals surface area contributed by atoms with Gasteiger partial charge in [0.1, 0.15) is 0 Å². The van der Waals surface area contributed by atoms with E-state index in [0.717, 1.165) is 16.6 Å². The second-order valence-corrected chi connectivity index (χ2v) is 5.58. The summed E-state index contributed by atoms with van der Waals surface area (Å²) < 4.78 is 7.85. The van der Waals surface area contributed by atoms with Crippen LogP contribution < -0.4 is 5.32 Å². The summed E-state index contributed by atoms with van der Waals surface area (Å²) in [6.45, 7) is 1.40. The number of aromatic nitrogens is 2. The zero-order valence-electron chi connectivity index (χ0n) is 10.4. The minimum atomic E-state index is 0.113. The predicted molar refractivity (Wildman–Crippen MR) is 74.3 cm³/mol. The van der Waals surface area contributed by atoms with Crippen LogP contribution in [0.1, 0.15) is 16.6 Å². The summed E-state index contributed by atoms with van der Waals surface area (Å²) in [7, 11) is 3.63. The Morgan fingerprint density at radius 2 is 2.33 bits per heavy atom. The molecule has 4 nitrogen and oxygen atoms in total. The molecular weight excluding hydrogens is 270 g/mol. The first-order valence-electron chi connectivity index (χ1n) is 5.69. The van der Waals surface area contributed by atoms with E-state index in [9.17, 15) is 0 Å². The molecule has 18 heavy (non-hydrogen) atoms. The molecule has 2 aromatic heterocycles. The molecule has 1 unspecified atom stereocenters. The van der Waals surface area contributed by atoms with Crippen LogP contribution in [0.3, 0.4) is 0 Å². The van der Waals surface area contributed by atoms with Crippen molar-refractivity contribution in [1.29, 1.82) is 0 Å². The molecule has 98 valence electrons. The van der Waals surface area contributed by atoms with Crippen LogP contribution in [0, 0.1) is 0 Å². The van der Waals surface area contributed by atoms with Crippen LogP contribution in [-0.2, 0) is 11.3 Å². The second kappa shape index (κ2) is 6.33. The third kappa shape index (κ3) is 2.92. The van der Waals surface area contributed by atoms with Crippen LogP contribution in [-0.4, -0.2) is 30.5 Å². The van der Waals surface area contributed by atoms with Crippen LogP contribution in [0.25, 0.3) is 0 Å². The molecule has 2 heterocycles. The fraction of sp³-hybridized carbons (Fsp3) is 0.417. The van der Waals surface area contributed by atoms with Crippen LogP contribution in [0.2, 0.25) is 4.34 Å². The molecule has 0 radical (unpaired) electrons. The molecule has 6 heteroatoms. The molecule has 0 aliphatic carbocycles. The maximum atomic E-state index is 5.99. The molecule has 0 spiro atoms. The lowest BCUT2D eigenvalue weighted by atomic mass is 10.1. The number of ether oxygens (including phenoxy) is 1. The maximum absolute atomic E-state index is 5.99. The number of nitrogens with one attached hydrogen (secondary N) is 1. The van der Waals surface area contributed by atoms with Crippen LogP contribution in [0.4, 0.5) is 0 Å². The largest absolute Gasteiger partial charge is 0.383 e. The number of halogens is 1. The SMILES string of the molecule is CNC(c1ccc(Cl)s1)c1ccnn1CCOC. The smallest absolute Gasteiger partial charge is 0.0931 e. The zero-order chi connectivity index (χ0) is 13.0. The molecule has 0 aromatic carbocycles. The van der Waals surface area contributed by atoms with Gasteiger partial charge in [0.05, 0.1) is 29.2 Å². The molecule has 0 saturated heterocycles. The lowest BCUT2D eigenvalue weighted by Gasteiger charge is -2.16. The van der Waals surface area contributed by atoms with E-state index in [4.69, 9.17) is 16.3 Å². The fourth-order valence-corrected chi connectivity index (χ4v) is 3.06. The maximum Gasteiger partial charge on any atom is 0.0931 e. The van der Waals surface area contributed by atoms with Crippen molar-refractivity contribution in [3.8, 4) is 0 Å². The molecule has 0 amide bonds. The highest BCUT2D eigenvalue weighted by Gasteiger charge is 2.18. The summed E-state index contributed by atoms with van der Waals surface area (Å²) in [6, 6.07) is 6.09. The summed E-state index contributed by atoms with van der Waals surface area (Å²) >= 11 is 7.58. The Kier molecular flexibility index (Phi) is 4.77. The van der Waals surface area contributed by atoms with E-state index in [0.29, 0.717) is 6.61 Å². The number of rotatable bonds is 6. The number of hydrogen-bond donors (Lipinski definition) is 1. The number of methoxy groups -OCH3 is 1. The standard InChI is InChI=1S/C12H16ClN3OS/c1-14-12(10-3-4-11(13)18-10)9-5-6-15-16(9)7-8-17-2/h3-6,12,14H,7-8H2,1-2H3. The molecule has 0 bridgehead atoms. The van der Waals surface area contributed by atoms with Gasteiger partial charge in [-0.3, -0.25) is 4.68 Å². The van der Waals surface area contributed by atoms with E-state index in [1.54, 1.807) is 18.4 Å². The summed E-state index contributed by atoms with van der Waals surface area (Å²) in [5.74, 6) is 0. The van der Waals surface area contributed by atoms with Crippen molar-refractivity contribution in [2.24, 2.45) is 0 Å². The molecule has 0 saturated carbocycles. The Balaban J connectivity index is 2.24. The third-order valence-corrected chi connectivity index (χ3v) is 4.02. The van der Waals surface area contributed by atoms with Gasteiger partial charge in [0.25, 0.3) is 0 Å². The second-order valence-electron chi connectivity index (χ2n) is 3.84. The Bertz CT molecular complexity index is 497. The number of nitrogens with zero attached hydrogens (tertiary/aromatic N) is 2. The van der Waals surface area contributed by atoms with E-state index in [-0.39, 0.29) is 6.04 Å². The average Bonchev–Trinajstić information content (AvgIpc) is 2.98. The van der Waals surface area contributed by atoms with Gasteiger partial charge in [-0.2, -0.15) is 5.10 Å². The van der Waals surface area contributed by atoms with E-state index in [1.807, 2.05) is 36.1 Å². The average molecular weight is 286 g/mol. The van der Waals surface area contributed by atoms with Gasteiger partial charge < -0.3 is 10.1 Å². The topological polar surface area (TPSA) is 39.1 Å². The Hall–Kier alpha value is -0.880. The number of hydrogen-bond acceptors (Lipinski definition) is 4. The van der Waals surface area contributed by atoms with Crippen molar-refractivity contribution < 1.29 is 4.74 Å². The molecule has 2 aromatic rings. The van der Waals surface area contributed by atoms with Crippen LogP contribution in [0.15, 0.2) is 24.4 Å². The summed E-state index contributed by atoms with van der Waals surface area (Å²) in [5, 5.41) is 7.62. The van der Waals surface area contributed by atoms with Gasteiger partial charge in [-0.15, -0.1) is 11.3 Å². The van der Waals surface area contributed by atoms with Crippen molar-refractivity contribution in [2.45, 2.75) is 12.6 Å². The van der Waals surface area contributed by atoms with E-state index >= 15 is 0 Å². The highest BCUT2D eigenvalue weighted by atomic mass is 35.5. The molecule has 1 atom stereocenters. The van der Waals surface area contributed by atoms with Crippen LogP contribution in [0.5, 0.6) is 0 Å². The minimum Gasteiger partial charge on any atom is -0.383 e. The van der Waals surface area contributed by atoms with E-state index < -0.39 is 0 Å². The Morgan fingerprint density at radius 3 is 2.94 bits per heavy atom. The Morgan fingerprint density at radius 1 is 1.50 bits per heavy atom. The normalized spacial score (nSPS) is 12.8. The summed E-state index contributed by atoms with van der Waals surface area (Å²) in [4.78, 5) is 1.18. The van der Waals surface area contributed by atoms with Crippen LogP contribution >= 0.6 is 22.9 Å². The van der Waals surface area contributed by atoms with Crippen molar-refractivity contribution >= 4 is 22.9 Å². The molecular formula is C12H16ClN3OS. The highest BCUT2D eigenvalue weighted by molar-refractivity contribution is 7.16. The van der Waals surface area contributed by atoms with Gasteiger partial charge in [0, 0.05) is 18.2 Å². The molecule has 0 aliphatic heterocycles. The van der Waals surface area contributed by atoms with Crippen molar-refractivity contribution in [3.05, 3.63) is 39.3 Å². The molecule has 0 fully saturated rings. The molecule has 2 rings (SSSR count). The van der Waals surface area contributed by atoms with Gasteiger partial charge in [-0.1, -0.05) is 11.6 Å². The quantitative estimate of drug-likeness (QED) is 0.887. The minimum absolute atomic E-state index is 0.113. The molecule has 1 N–H and O–H groups in total. The lowest BCUT2D eigenvalue weighted by Crippen LogP contribution is -2.21. The van der Waals surface area contributed by atoms with Gasteiger partial charge in [-0.25, -0.2) is 0 Å². The molecule has 0 aliphatic rings. The van der Waals surface area contributed by atoms with Crippen molar-refractivity contribution in [3.63, 3.8) is 0 Å². The fourth-order valence-electron chi connectivity index (χ4n) is 1.87. The van der Waals surface area contributed by atoms with Gasteiger partial charge in [0.15, 0.2) is 0 Å². The first kappa shape index (κ1) is 13.5. The number of thiophene rings is 1. The summed E-state index contributed by atoms with van der Waals surface area (Å²) in [6.07, 6.45) is 1.81.